The molecule has 0 bridgehead atoms. The van der Waals surface area contributed by atoms with Gasteiger partial charge in [-0.05, 0) is 24.3 Å². The lowest BCUT2D eigenvalue weighted by Gasteiger charge is -1.97. The Labute approximate surface area is 107 Å². The molecule has 4 heteroatoms. The Morgan fingerprint density at radius 2 is 2.29 bits per heavy atom. The second-order valence-electron chi connectivity index (χ2n) is 3.15. The second kappa shape index (κ2) is 6.87. The number of carboxylic acids is 1. The van der Waals surface area contributed by atoms with Crippen molar-refractivity contribution in [2.75, 3.05) is 5.33 Å². The van der Waals surface area contributed by atoms with Crippen molar-refractivity contribution in [2.45, 2.75) is 6.42 Å². The van der Waals surface area contributed by atoms with Gasteiger partial charge in [-0.15, -0.1) is 0 Å². The number of benzene rings is 1. The molecule has 0 unspecified atom stereocenters. The summed E-state index contributed by atoms with van der Waals surface area (Å²) in [5, 5.41) is 9.25. The highest BCUT2D eigenvalue weighted by molar-refractivity contribution is 9.09. The minimum atomic E-state index is -1.11. The zero-order valence-corrected chi connectivity index (χ0v) is 10.5. The third-order valence-electron chi connectivity index (χ3n) is 1.85. The van der Waals surface area contributed by atoms with Crippen molar-refractivity contribution in [3.63, 3.8) is 0 Å². The minimum Gasteiger partial charge on any atom is -0.478 e. The fourth-order valence-electron chi connectivity index (χ4n) is 1.12. The summed E-state index contributed by atoms with van der Waals surface area (Å²) in [6, 6.07) is 4.37. The van der Waals surface area contributed by atoms with Gasteiger partial charge >= 0.3 is 5.97 Å². The molecule has 1 aromatic carbocycles. The highest BCUT2D eigenvalue weighted by atomic mass is 79.9. The first-order valence-electron chi connectivity index (χ1n) is 4.89. The molecule has 1 N–H and O–H groups in total. The van der Waals surface area contributed by atoms with E-state index in [2.05, 4.69) is 27.8 Å². The average Bonchev–Trinajstić information content (AvgIpc) is 2.29. The van der Waals surface area contributed by atoms with Crippen molar-refractivity contribution < 1.29 is 14.3 Å². The normalized spacial score (nSPS) is 10.0. The maximum absolute atomic E-state index is 13.3. The van der Waals surface area contributed by atoms with Crippen LogP contribution in [0.15, 0.2) is 24.3 Å². The molecule has 0 spiro atoms. The molecule has 0 atom stereocenters. The summed E-state index contributed by atoms with van der Waals surface area (Å²) in [5.41, 5.74) is 0.885. The summed E-state index contributed by atoms with van der Waals surface area (Å²) in [6.07, 6.45) is 2.82. The van der Waals surface area contributed by atoms with E-state index in [1.165, 1.54) is 18.2 Å². The van der Waals surface area contributed by atoms with Crippen LogP contribution in [-0.2, 0) is 4.79 Å². The van der Waals surface area contributed by atoms with E-state index < -0.39 is 11.8 Å². The quantitative estimate of drug-likeness (QED) is 0.529. The van der Waals surface area contributed by atoms with Crippen LogP contribution in [0.25, 0.3) is 6.08 Å². The number of hydrogen-bond donors (Lipinski definition) is 1. The van der Waals surface area contributed by atoms with Crippen LogP contribution in [0.4, 0.5) is 4.39 Å². The predicted molar refractivity (Wildman–Crippen MR) is 68.4 cm³/mol. The fourth-order valence-corrected chi connectivity index (χ4v) is 1.32. The summed E-state index contributed by atoms with van der Waals surface area (Å²) in [4.78, 5) is 10.3. The van der Waals surface area contributed by atoms with E-state index in [-0.39, 0.29) is 5.56 Å². The largest absolute Gasteiger partial charge is 0.478 e. The third kappa shape index (κ3) is 4.83. The Balaban J connectivity index is 2.95. The molecule has 0 saturated heterocycles. The van der Waals surface area contributed by atoms with Crippen LogP contribution in [0.5, 0.6) is 0 Å². The van der Waals surface area contributed by atoms with E-state index in [0.717, 1.165) is 11.4 Å². The Kier molecular flexibility index (Phi) is 5.44. The summed E-state index contributed by atoms with van der Waals surface area (Å²) < 4.78 is 13.3. The van der Waals surface area contributed by atoms with Crippen molar-refractivity contribution in [1.29, 1.82) is 0 Å². The number of hydrogen-bond acceptors (Lipinski definition) is 1. The number of aliphatic carboxylic acids is 1. The molecule has 88 valence electrons. The van der Waals surface area contributed by atoms with Gasteiger partial charge in [0.1, 0.15) is 5.82 Å². The number of rotatable bonds is 3. The lowest BCUT2D eigenvalue weighted by atomic mass is 10.1. The van der Waals surface area contributed by atoms with Crippen LogP contribution in [0.3, 0.4) is 0 Å². The topological polar surface area (TPSA) is 37.3 Å². The first kappa shape index (κ1) is 13.5. The molecule has 0 amide bonds. The van der Waals surface area contributed by atoms with Crippen LogP contribution in [-0.4, -0.2) is 16.4 Å². The minimum absolute atomic E-state index is 0.220. The Morgan fingerprint density at radius 1 is 1.53 bits per heavy atom. The molecule has 2 nitrogen and oxygen atoms in total. The molecular weight excluding hydrogens is 287 g/mol. The van der Waals surface area contributed by atoms with Gasteiger partial charge in [0.2, 0.25) is 0 Å². The lowest BCUT2D eigenvalue weighted by Crippen LogP contribution is -1.88. The molecule has 1 rings (SSSR count). The average molecular weight is 297 g/mol. The second-order valence-corrected chi connectivity index (χ2v) is 3.94. The maximum atomic E-state index is 13.3. The fraction of sp³-hybridized carbons (Fsp3) is 0.154. The van der Waals surface area contributed by atoms with Gasteiger partial charge in [0.05, 0.1) is 0 Å². The highest BCUT2D eigenvalue weighted by Gasteiger charge is 1.99. The van der Waals surface area contributed by atoms with Crippen molar-refractivity contribution in [3.8, 4) is 11.8 Å². The van der Waals surface area contributed by atoms with E-state index in [1.54, 1.807) is 6.07 Å². The van der Waals surface area contributed by atoms with E-state index in [9.17, 15) is 9.18 Å². The molecule has 0 saturated carbocycles. The van der Waals surface area contributed by atoms with Crippen molar-refractivity contribution in [2.24, 2.45) is 0 Å². The van der Waals surface area contributed by atoms with Gasteiger partial charge in [0.15, 0.2) is 0 Å². The Bertz CT molecular complexity index is 498. The molecule has 0 fully saturated rings. The van der Waals surface area contributed by atoms with Gasteiger partial charge in [0.25, 0.3) is 0 Å². The van der Waals surface area contributed by atoms with E-state index in [0.29, 0.717) is 12.0 Å². The first-order chi connectivity index (χ1) is 8.13. The van der Waals surface area contributed by atoms with Gasteiger partial charge in [0, 0.05) is 29.0 Å². The van der Waals surface area contributed by atoms with Gasteiger partial charge in [-0.1, -0.05) is 27.8 Å². The maximum Gasteiger partial charge on any atom is 0.328 e. The molecule has 0 aliphatic rings. The van der Waals surface area contributed by atoms with Gasteiger partial charge < -0.3 is 5.11 Å². The molecule has 0 heterocycles. The molecular formula is C13H10BrFO2. The number of carbonyl (C=O) groups is 1. The van der Waals surface area contributed by atoms with Gasteiger partial charge in [-0.25, -0.2) is 9.18 Å². The third-order valence-corrected chi connectivity index (χ3v) is 2.25. The van der Waals surface area contributed by atoms with Gasteiger partial charge in [-0.2, -0.15) is 0 Å². The molecule has 0 radical (unpaired) electrons. The number of halogens is 2. The smallest absolute Gasteiger partial charge is 0.328 e. The van der Waals surface area contributed by atoms with Crippen molar-refractivity contribution >= 4 is 28.0 Å². The van der Waals surface area contributed by atoms with Gasteiger partial charge in [-0.3, -0.25) is 0 Å². The zero-order valence-electron chi connectivity index (χ0n) is 8.91. The van der Waals surface area contributed by atoms with Crippen molar-refractivity contribution in [3.05, 3.63) is 41.2 Å². The Morgan fingerprint density at radius 3 is 2.94 bits per heavy atom. The molecule has 0 aliphatic carbocycles. The SMILES string of the molecule is O=C(O)/C=C/c1cc(C#CCCBr)ccc1F. The van der Waals surface area contributed by atoms with Crippen LogP contribution in [0.1, 0.15) is 17.5 Å². The first-order valence-corrected chi connectivity index (χ1v) is 6.01. The zero-order chi connectivity index (χ0) is 12.7. The molecule has 1 aromatic rings. The standard InChI is InChI=1S/C13H10BrFO2/c14-8-2-1-3-10-4-6-12(15)11(9-10)5-7-13(16)17/h4-7,9H,2,8H2,(H,16,17)/b7-5+. The van der Waals surface area contributed by atoms with E-state index >= 15 is 0 Å². The molecule has 0 aliphatic heterocycles. The van der Waals surface area contributed by atoms with E-state index in [1.807, 2.05) is 0 Å². The summed E-state index contributed by atoms with van der Waals surface area (Å²) in [7, 11) is 0. The van der Waals surface area contributed by atoms with Crippen LogP contribution >= 0.6 is 15.9 Å². The monoisotopic (exact) mass is 296 g/mol. The summed E-state index contributed by atoms with van der Waals surface area (Å²) in [6.45, 7) is 0. The van der Waals surface area contributed by atoms with Crippen LogP contribution in [0, 0.1) is 17.7 Å². The number of carboxylic acid groups (broad SMARTS) is 1. The molecule has 17 heavy (non-hydrogen) atoms. The van der Waals surface area contributed by atoms with E-state index in [4.69, 9.17) is 5.11 Å². The number of alkyl halides is 1. The predicted octanol–water partition coefficient (Wildman–Crippen LogP) is 3.06. The highest BCUT2D eigenvalue weighted by Crippen LogP contribution is 2.11. The summed E-state index contributed by atoms with van der Waals surface area (Å²) in [5.74, 6) is 4.20. The van der Waals surface area contributed by atoms with Crippen LogP contribution < -0.4 is 0 Å². The molecule has 0 aromatic heterocycles. The lowest BCUT2D eigenvalue weighted by molar-refractivity contribution is -0.131. The Hall–Kier alpha value is -1.60. The van der Waals surface area contributed by atoms with Crippen molar-refractivity contribution in [1.82, 2.24) is 0 Å². The van der Waals surface area contributed by atoms with Crippen LogP contribution in [0.2, 0.25) is 0 Å². The summed E-state index contributed by atoms with van der Waals surface area (Å²) >= 11 is 3.25.